The van der Waals surface area contributed by atoms with Gasteiger partial charge in [-0.25, -0.2) is 0 Å². The molecule has 3 heteroatoms. The highest BCUT2D eigenvalue weighted by Gasteiger charge is 2.04. The van der Waals surface area contributed by atoms with E-state index in [1.807, 2.05) is 19.2 Å². The zero-order chi connectivity index (χ0) is 9.14. The summed E-state index contributed by atoms with van der Waals surface area (Å²) < 4.78 is 0. The third kappa shape index (κ3) is 1.72. The predicted molar refractivity (Wildman–Crippen MR) is 49.1 cm³/mol. The maximum Gasteiger partial charge on any atom is 0.138 e. The fourth-order valence-electron chi connectivity index (χ4n) is 1.13. The molecule has 0 amide bonds. The summed E-state index contributed by atoms with van der Waals surface area (Å²) in [6.07, 6.45) is 0. The number of aromatic hydroxyl groups is 1. The smallest absolute Gasteiger partial charge is 0.138 e. The summed E-state index contributed by atoms with van der Waals surface area (Å²) in [6, 6.07) is 3.32. The van der Waals surface area contributed by atoms with Gasteiger partial charge < -0.3 is 5.11 Å². The first kappa shape index (κ1) is 8.95. The normalized spacial score (nSPS) is 9.42. The van der Waals surface area contributed by atoms with Crippen LogP contribution in [0, 0.1) is 24.5 Å². The van der Waals surface area contributed by atoms with Gasteiger partial charge in [0, 0.05) is 4.90 Å². The van der Waals surface area contributed by atoms with Crippen molar-refractivity contribution in [1.29, 1.82) is 5.26 Å². The van der Waals surface area contributed by atoms with E-state index in [1.54, 1.807) is 12.1 Å². The van der Waals surface area contributed by atoms with Crippen molar-refractivity contribution in [1.82, 2.24) is 0 Å². The summed E-state index contributed by atoms with van der Waals surface area (Å²) >= 11 is 1.13. The molecule has 12 heavy (non-hydrogen) atoms. The number of nitrogens with zero attached hydrogens (tertiary/aromatic N) is 1. The lowest BCUT2D eigenvalue weighted by Gasteiger charge is -2.05. The molecule has 0 radical (unpaired) electrons. The lowest BCUT2D eigenvalue weighted by atomic mass is 10.1. The van der Waals surface area contributed by atoms with Crippen molar-refractivity contribution < 1.29 is 5.11 Å². The van der Waals surface area contributed by atoms with Crippen molar-refractivity contribution in [3.8, 4) is 11.2 Å². The van der Waals surface area contributed by atoms with Crippen molar-refractivity contribution in [2.24, 2.45) is 0 Å². The van der Waals surface area contributed by atoms with E-state index in [9.17, 15) is 5.11 Å². The van der Waals surface area contributed by atoms with Crippen LogP contribution in [0.15, 0.2) is 17.0 Å². The van der Waals surface area contributed by atoms with Crippen LogP contribution in [-0.2, 0) is 0 Å². The average Bonchev–Trinajstić information content (AvgIpc) is 1.96. The summed E-state index contributed by atoms with van der Waals surface area (Å²) in [6.45, 7) is 3.76. The standard InChI is InChI=1S/C9H9NOS/c1-6-3-8(11)4-7(2)9(6)12-5-10/h3-4,11H,1-2H3. The van der Waals surface area contributed by atoms with Gasteiger partial charge in [0.15, 0.2) is 0 Å². The number of thiocyanates is 1. The number of aryl methyl sites for hydroxylation is 2. The molecule has 0 heterocycles. The third-order valence-electron chi connectivity index (χ3n) is 1.59. The van der Waals surface area contributed by atoms with Crippen molar-refractivity contribution in [2.45, 2.75) is 18.7 Å². The van der Waals surface area contributed by atoms with Crippen LogP contribution in [0.5, 0.6) is 5.75 Å². The second-order valence-electron chi connectivity index (χ2n) is 2.60. The zero-order valence-corrected chi connectivity index (χ0v) is 7.77. The number of nitriles is 1. The van der Waals surface area contributed by atoms with Crippen LogP contribution < -0.4 is 0 Å². The van der Waals surface area contributed by atoms with Gasteiger partial charge in [-0.3, -0.25) is 0 Å². The topological polar surface area (TPSA) is 44.0 Å². The first-order valence-corrected chi connectivity index (χ1v) is 4.33. The third-order valence-corrected chi connectivity index (χ3v) is 2.53. The highest BCUT2D eigenvalue weighted by atomic mass is 32.2. The summed E-state index contributed by atoms with van der Waals surface area (Å²) in [5, 5.41) is 19.7. The molecule has 0 saturated carbocycles. The fourth-order valence-corrected chi connectivity index (χ4v) is 1.67. The Balaban J connectivity index is 3.21. The van der Waals surface area contributed by atoms with Crippen LogP contribution in [0.4, 0.5) is 0 Å². The number of hydrogen-bond donors (Lipinski definition) is 1. The molecule has 1 aromatic rings. The quantitative estimate of drug-likeness (QED) is 0.532. The maximum atomic E-state index is 9.19. The number of phenols is 1. The molecular formula is C9H9NOS. The molecule has 1 rings (SSSR count). The number of phenolic OH excluding ortho intramolecular Hbond substituents is 1. The van der Waals surface area contributed by atoms with E-state index in [2.05, 4.69) is 0 Å². The lowest BCUT2D eigenvalue weighted by molar-refractivity contribution is 0.474. The van der Waals surface area contributed by atoms with E-state index in [1.165, 1.54) is 0 Å². The first-order valence-electron chi connectivity index (χ1n) is 3.51. The molecule has 0 saturated heterocycles. The number of rotatable bonds is 1. The second-order valence-corrected chi connectivity index (χ2v) is 3.40. The van der Waals surface area contributed by atoms with Crippen molar-refractivity contribution >= 4 is 11.8 Å². The molecule has 0 aliphatic rings. The Morgan fingerprint density at radius 3 is 2.25 bits per heavy atom. The minimum Gasteiger partial charge on any atom is -0.508 e. The Labute approximate surface area is 75.8 Å². The van der Waals surface area contributed by atoms with Crippen LogP contribution in [0.3, 0.4) is 0 Å². The Hall–Kier alpha value is -1.14. The molecular weight excluding hydrogens is 170 g/mol. The molecule has 0 bridgehead atoms. The van der Waals surface area contributed by atoms with Crippen molar-refractivity contribution in [3.63, 3.8) is 0 Å². The van der Waals surface area contributed by atoms with Crippen LogP contribution in [-0.4, -0.2) is 5.11 Å². The van der Waals surface area contributed by atoms with E-state index in [0.717, 1.165) is 27.8 Å². The zero-order valence-electron chi connectivity index (χ0n) is 6.96. The summed E-state index contributed by atoms with van der Waals surface area (Å²) in [5.41, 5.74) is 1.89. The Morgan fingerprint density at radius 1 is 1.33 bits per heavy atom. The molecule has 0 atom stereocenters. The summed E-state index contributed by atoms with van der Waals surface area (Å²) in [5.74, 6) is 0.257. The highest BCUT2D eigenvalue weighted by molar-refractivity contribution is 8.03. The minimum absolute atomic E-state index is 0.257. The Bertz CT molecular complexity index is 318. The van der Waals surface area contributed by atoms with Gasteiger partial charge in [-0.15, -0.1) is 0 Å². The van der Waals surface area contributed by atoms with Gasteiger partial charge in [-0.05, 0) is 48.9 Å². The van der Waals surface area contributed by atoms with Gasteiger partial charge >= 0.3 is 0 Å². The van der Waals surface area contributed by atoms with Crippen LogP contribution in [0.2, 0.25) is 0 Å². The predicted octanol–water partition coefficient (Wildman–Crippen LogP) is 2.58. The summed E-state index contributed by atoms with van der Waals surface area (Å²) in [4.78, 5) is 0.940. The minimum atomic E-state index is 0.257. The van der Waals surface area contributed by atoms with E-state index in [-0.39, 0.29) is 5.75 Å². The highest BCUT2D eigenvalue weighted by Crippen LogP contribution is 2.28. The fraction of sp³-hybridized carbons (Fsp3) is 0.222. The van der Waals surface area contributed by atoms with Gasteiger partial charge in [0.05, 0.1) is 0 Å². The molecule has 0 fully saturated rings. The summed E-state index contributed by atoms with van der Waals surface area (Å²) in [7, 11) is 0. The molecule has 0 aliphatic heterocycles. The lowest BCUT2D eigenvalue weighted by Crippen LogP contribution is -1.83. The molecule has 2 nitrogen and oxygen atoms in total. The van der Waals surface area contributed by atoms with Gasteiger partial charge in [0.2, 0.25) is 0 Å². The maximum absolute atomic E-state index is 9.19. The molecule has 62 valence electrons. The van der Waals surface area contributed by atoms with Gasteiger partial charge in [0.1, 0.15) is 11.2 Å². The second kappa shape index (κ2) is 3.51. The molecule has 0 aliphatic carbocycles. The van der Waals surface area contributed by atoms with E-state index < -0.39 is 0 Å². The van der Waals surface area contributed by atoms with Gasteiger partial charge in [-0.1, -0.05) is 0 Å². The number of hydrogen-bond acceptors (Lipinski definition) is 3. The molecule has 0 unspecified atom stereocenters. The van der Waals surface area contributed by atoms with Crippen LogP contribution in [0.1, 0.15) is 11.1 Å². The Kier molecular flexibility index (Phi) is 2.61. The van der Waals surface area contributed by atoms with E-state index >= 15 is 0 Å². The average molecular weight is 179 g/mol. The first-order chi connectivity index (χ1) is 5.65. The SMILES string of the molecule is Cc1cc(O)cc(C)c1SC#N. The largest absolute Gasteiger partial charge is 0.508 e. The molecule has 1 aromatic carbocycles. The van der Waals surface area contributed by atoms with Crippen molar-refractivity contribution in [3.05, 3.63) is 23.3 Å². The monoisotopic (exact) mass is 179 g/mol. The Morgan fingerprint density at radius 2 is 1.83 bits per heavy atom. The molecule has 0 spiro atoms. The van der Waals surface area contributed by atoms with Gasteiger partial charge in [-0.2, -0.15) is 5.26 Å². The van der Waals surface area contributed by atoms with E-state index in [0.29, 0.717) is 0 Å². The number of benzene rings is 1. The van der Waals surface area contributed by atoms with Crippen LogP contribution >= 0.6 is 11.8 Å². The molecule has 1 N–H and O–H groups in total. The number of thioether (sulfide) groups is 1. The van der Waals surface area contributed by atoms with Crippen LogP contribution in [0.25, 0.3) is 0 Å². The molecule has 0 aromatic heterocycles. The van der Waals surface area contributed by atoms with Gasteiger partial charge in [0.25, 0.3) is 0 Å². The van der Waals surface area contributed by atoms with E-state index in [4.69, 9.17) is 5.26 Å². The van der Waals surface area contributed by atoms with Crippen molar-refractivity contribution in [2.75, 3.05) is 0 Å².